The number of anilines is 1. The number of rotatable bonds is 7. The van der Waals surface area contributed by atoms with Crippen LogP contribution >= 0.6 is 0 Å². The van der Waals surface area contributed by atoms with Gasteiger partial charge in [-0.3, -0.25) is 4.68 Å². The van der Waals surface area contributed by atoms with Crippen molar-refractivity contribution in [2.45, 2.75) is 51.2 Å². The molecule has 3 aromatic heterocycles. The van der Waals surface area contributed by atoms with E-state index in [0.29, 0.717) is 18.4 Å². The summed E-state index contributed by atoms with van der Waals surface area (Å²) in [6.07, 6.45) is 11.1. The minimum absolute atomic E-state index is 0.266. The number of aromatic nitrogens is 5. The molecule has 0 bridgehead atoms. The molecule has 0 spiro atoms. The van der Waals surface area contributed by atoms with Crippen LogP contribution in [0.5, 0.6) is 0 Å². The zero-order chi connectivity index (χ0) is 23.2. The Hall–Kier alpha value is -3.52. The third-order valence-corrected chi connectivity index (χ3v) is 6.31. The number of nitrogens with zero attached hydrogens (tertiary/aromatic N) is 5. The minimum atomic E-state index is -0.840. The molecule has 3 heterocycles. The van der Waals surface area contributed by atoms with E-state index in [4.69, 9.17) is 15.1 Å². The van der Waals surface area contributed by atoms with Crippen LogP contribution in [0.3, 0.4) is 0 Å². The number of hydrogen-bond acceptors (Lipinski definition) is 7. The quantitative estimate of drug-likeness (QED) is 0.441. The highest BCUT2D eigenvalue weighted by Crippen LogP contribution is 2.51. The first-order valence-corrected chi connectivity index (χ1v) is 11.1. The SMILES string of the molecule is CC(C)(O)Cn1cc(-c2coc([C@@](C)(c3ccc(-c4cnc(N)nc4)cc3)C3CC3)n2)cn1. The maximum Gasteiger partial charge on any atom is 0.219 e. The molecule has 1 atom stereocenters. The molecule has 0 aliphatic heterocycles. The smallest absolute Gasteiger partial charge is 0.219 e. The van der Waals surface area contributed by atoms with Crippen molar-refractivity contribution in [3.63, 3.8) is 0 Å². The van der Waals surface area contributed by atoms with Crippen LogP contribution in [-0.4, -0.2) is 35.4 Å². The molecular formula is C25H28N6O2. The molecule has 33 heavy (non-hydrogen) atoms. The van der Waals surface area contributed by atoms with Crippen LogP contribution in [-0.2, 0) is 12.0 Å². The number of benzene rings is 1. The van der Waals surface area contributed by atoms with Crippen LogP contribution in [0, 0.1) is 5.92 Å². The molecule has 8 nitrogen and oxygen atoms in total. The van der Waals surface area contributed by atoms with Crippen molar-refractivity contribution in [3.8, 4) is 22.4 Å². The van der Waals surface area contributed by atoms with Gasteiger partial charge in [-0.15, -0.1) is 0 Å². The lowest BCUT2D eigenvalue weighted by Gasteiger charge is -2.27. The monoisotopic (exact) mass is 444 g/mol. The predicted octanol–water partition coefficient (Wildman–Crippen LogP) is 4.06. The first kappa shape index (κ1) is 21.3. The highest BCUT2D eigenvalue weighted by atomic mass is 16.3. The molecule has 0 amide bonds. The van der Waals surface area contributed by atoms with Gasteiger partial charge in [-0.05, 0) is 50.7 Å². The third-order valence-electron chi connectivity index (χ3n) is 6.31. The summed E-state index contributed by atoms with van der Waals surface area (Å²) in [5, 5.41) is 14.4. The van der Waals surface area contributed by atoms with Crippen molar-refractivity contribution in [3.05, 3.63) is 66.8 Å². The zero-order valence-corrected chi connectivity index (χ0v) is 19.1. The van der Waals surface area contributed by atoms with Crippen LogP contribution in [0.1, 0.15) is 45.1 Å². The number of hydrogen-bond donors (Lipinski definition) is 2. The van der Waals surface area contributed by atoms with Crippen LogP contribution in [0.25, 0.3) is 22.4 Å². The number of aliphatic hydroxyl groups is 1. The van der Waals surface area contributed by atoms with E-state index in [1.54, 1.807) is 43.4 Å². The summed E-state index contributed by atoms with van der Waals surface area (Å²) >= 11 is 0. The largest absolute Gasteiger partial charge is 0.447 e. The average molecular weight is 445 g/mol. The molecule has 170 valence electrons. The topological polar surface area (TPSA) is 116 Å². The van der Waals surface area contributed by atoms with Gasteiger partial charge in [0.25, 0.3) is 0 Å². The second-order valence-electron chi connectivity index (χ2n) is 9.66. The minimum Gasteiger partial charge on any atom is -0.447 e. The van der Waals surface area contributed by atoms with Crippen molar-refractivity contribution in [2.24, 2.45) is 5.92 Å². The van der Waals surface area contributed by atoms with Gasteiger partial charge in [-0.2, -0.15) is 5.10 Å². The third kappa shape index (κ3) is 4.26. The molecule has 3 N–H and O–H groups in total. The average Bonchev–Trinajstić information content (AvgIpc) is 3.35. The molecule has 0 radical (unpaired) electrons. The first-order chi connectivity index (χ1) is 15.7. The predicted molar refractivity (Wildman–Crippen MR) is 125 cm³/mol. The fourth-order valence-electron chi connectivity index (χ4n) is 4.31. The highest BCUT2D eigenvalue weighted by Gasteiger charge is 2.47. The van der Waals surface area contributed by atoms with Gasteiger partial charge in [0, 0.05) is 29.7 Å². The van der Waals surface area contributed by atoms with E-state index in [1.165, 1.54) is 0 Å². The van der Waals surface area contributed by atoms with Gasteiger partial charge < -0.3 is 15.3 Å². The van der Waals surface area contributed by atoms with Gasteiger partial charge in [0.15, 0.2) is 0 Å². The van der Waals surface area contributed by atoms with Gasteiger partial charge in [0.05, 0.1) is 23.8 Å². The van der Waals surface area contributed by atoms with E-state index in [9.17, 15) is 5.11 Å². The number of nitrogen functional groups attached to an aromatic ring is 1. The van der Waals surface area contributed by atoms with Crippen molar-refractivity contribution < 1.29 is 9.52 Å². The molecule has 0 saturated heterocycles. The van der Waals surface area contributed by atoms with Gasteiger partial charge in [0.2, 0.25) is 11.8 Å². The normalized spacial score (nSPS) is 16.0. The van der Waals surface area contributed by atoms with Crippen molar-refractivity contribution in [2.75, 3.05) is 5.73 Å². The molecule has 4 aromatic rings. The Kier molecular flexibility index (Phi) is 5.05. The van der Waals surface area contributed by atoms with Gasteiger partial charge >= 0.3 is 0 Å². The van der Waals surface area contributed by atoms with Crippen LogP contribution in [0.4, 0.5) is 5.95 Å². The lowest BCUT2D eigenvalue weighted by atomic mass is 9.77. The summed E-state index contributed by atoms with van der Waals surface area (Å²) in [4.78, 5) is 13.0. The van der Waals surface area contributed by atoms with E-state index in [2.05, 4.69) is 46.3 Å². The Morgan fingerprint density at radius 2 is 1.73 bits per heavy atom. The van der Waals surface area contributed by atoms with Gasteiger partial charge in [0.1, 0.15) is 12.0 Å². The molecule has 1 aromatic carbocycles. The fraction of sp³-hybridized carbons (Fsp3) is 0.360. The number of oxazole rings is 1. The molecule has 1 fully saturated rings. The van der Waals surface area contributed by atoms with Crippen LogP contribution in [0.15, 0.2) is 59.7 Å². The lowest BCUT2D eigenvalue weighted by Crippen LogP contribution is -2.26. The van der Waals surface area contributed by atoms with E-state index < -0.39 is 5.60 Å². The van der Waals surface area contributed by atoms with E-state index in [-0.39, 0.29) is 11.4 Å². The lowest BCUT2D eigenvalue weighted by molar-refractivity contribution is 0.0577. The van der Waals surface area contributed by atoms with Gasteiger partial charge in [-0.1, -0.05) is 24.3 Å². The van der Waals surface area contributed by atoms with Crippen molar-refractivity contribution in [1.29, 1.82) is 0 Å². The summed E-state index contributed by atoms with van der Waals surface area (Å²) in [7, 11) is 0. The summed E-state index contributed by atoms with van der Waals surface area (Å²) in [5.41, 5.74) is 9.17. The molecule has 8 heteroatoms. The maximum atomic E-state index is 10.1. The Labute approximate surface area is 192 Å². The molecular weight excluding hydrogens is 416 g/mol. The van der Waals surface area contributed by atoms with Crippen LogP contribution in [0.2, 0.25) is 0 Å². The molecule has 1 aliphatic rings. The second kappa shape index (κ2) is 7.81. The van der Waals surface area contributed by atoms with E-state index in [0.717, 1.165) is 40.8 Å². The number of nitrogens with two attached hydrogens (primary N) is 1. The molecule has 0 unspecified atom stereocenters. The zero-order valence-electron chi connectivity index (χ0n) is 19.1. The Morgan fingerprint density at radius 1 is 1.03 bits per heavy atom. The van der Waals surface area contributed by atoms with Crippen LogP contribution < -0.4 is 5.73 Å². The Balaban J connectivity index is 1.43. The molecule has 1 saturated carbocycles. The van der Waals surface area contributed by atoms with Crippen molar-refractivity contribution >= 4 is 5.95 Å². The Bertz CT molecular complexity index is 1250. The highest BCUT2D eigenvalue weighted by molar-refractivity contribution is 5.63. The maximum absolute atomic E-state index is 10.1. The van der Waals surface area contributed by atoms with E-state index in [1.807, 2.05) is 6.20 Å². The molecule has 5 rings (SSSR count). The van der Waals surface area contributed by atoms with Crippen molar-refractivity contribution in [1.82, 2.24) is 24.7 Å². The Morgan fingerprint density at radius 3 is 2.36 bits per heavy atom. The summed E-state index contributed by atoms with van der Waals surface area (Å²) < 4.78 is 7.77. The molecule has 1 aliphatic carbocycles. The van der Waals surface area contributed by atoms with Gasteiger partial charge in [-0.25, -0.2) is 15.0 Å². The fourth-order valence-corrected chi connectivity index (χ4v) is 4.31. The first-order valence-electron chi connectivity index (χ1n) is 11.1. The second-order valence-corrected chi connectivity index (χ2v) is 9.66. The summed E-state index contributed by atoms with van der Waals surface area (Å²) in [6, 6.07) is 8.43. The standard InChI is InChI=1S/C25H28N6O2/c1-24(2,32)15-31-13-18(12-29-31)21-14-33-22(30-21)25(3,20-8-9-20)19-6-4-16(5-7-19)17-10-27-23(26)28-11-17/h4-7,10-14,20,32H,8-9,15H2,1-3H3,(H2,26,27,28)/t25-/m0/s1. The van der Waals surface area contributed by atoms with E-state index >= 15 is 0 Å². The summed E-state index contributed by atoms with van der Waals surface area (Å²) in [5.74, 6) is 1.45. The summed E-state index contributed by atoms with van der Waals surface area (Å²) in [6.45, 7) is 6.13.